The fraction of sp³-hybridized carbons (Fsp3) is 0.400. The molecule has 2 aromatic rings. The van der Waals surface area contributed by atoms with Crippen molar-refractivity contribution in [1.82, 2.24) is 19.5 Å². The van der Waals surface area contributed by atoms with E-state index in [0.29, 0.717) is 5.75 Å². The van der Waals surface area contributed by atoms with Gasteiger partial charge in [0, 0.05) is 29.4 Å². The summed E-state index contributed by atoms with van der Waals surface area (Å²) in [7, 11) is 0. The van der Waals surface area contributed by atoms with Crippen LogP contribution >= 0.6 is 25.3 Å². The Morgan fingerprint density at radius 1 is 1.39 bits per heavy atom. The molecular weight excluding hydrogens is 272 g/mol. The van der Waals surface area contributed by atoms with Gasteiger partial charge in [-0.15, -0.1) is 0 Å². The zero-order valence-corrected chi connectivity index (χ0v) is 11.4. The summed E-state index contributed by atoms with van der Waals surface area (Å²) < 4.78 is 0.510. The van der Waals surface area contributed by atoms with Crippen LogP contribution in [0.4, 0.5) is 0 Å². The molecule has 1 N–H and O–H groups in total. The number of H-pyrrole nitrogens is 1. The molecule has 0 spiro atoms. The van der Waals surface area contributed by atoms with Crippen molar-refractivity contribution in [2.24, 2.45) is 0 Å². The van der Waals surface area contributed by atoms with Crippen molar-refractivity contribution in [2.75, 3.05) is 5.75 Å². The Morgan fingerprint density at radius 3 is 2.72 bits per heavy atom. The molecule has 0 amide bonds. The van der Waals surface area contributed by atoms with E-state index in [1.54, 1.807) is 6.92 Å². The summed E-state index contributed by atoms with van der Waals surface area (Å²) in [6.07, 6.45) is 2.82. The third kappa shape index (κ3) is 2.44. The Morgan fingerprint density at radius 2 is 2.06 bits per heavy atom. The van der Waals surface area contributed by atoms with Gasteiger partial charge in [0.15, 0.2) is 11.2 Å². The SMILES string of the molecule is CC(S)(CS)Cn1c(=O)[nH]c2nccnc2c1=O. The number of nitrogens with one attached hydrogen (secondary N) is 1. The first kappa shape index (κ1) is 13.2. The first-order valence-corrected chi connectivity index (χ1v) is 6.30. The third-order valence-corrected chi connectivity index (χ3v) is 3.70. The molecule has 96 valence electrons. The predicted molar refractivity (Wildman–Crippen MR) is 75.7 cm³/mol. The van der Waals surface area contributed by atoms with Crippen molar-refractivity contribution in [3.05, 3.63) is 33.2 Å². The van der Waals surface area contributed by atoms with E-state index in [-0.39, 0.29) is 17.7 Å². The summed E-state index contributed by atoms with van der Waals surface area (Å²) in [5.41, 5.74) is -0.658. The number of fused-ring (bicyclic) bond motifs is 1. The summed E-state index contributed by atoms with van der Waals surface area (Å²) in [5, 5.41) is 0. The second kappa shape index (κ2) is 4.77. The number of hydrogen-bond acceptors (Lipinski definition) is 6. The Labute approximate surface area is 113 Å². The van der Waals surface area contributed by atoms with Crippen molar-refractivity contribution in [2.45, 2.75) is 18.2 Å². The second-order valence-corrected chi connectivity index (χ2v) is 5.63. The molecule has 0 saturated heterocycles. The summed E-state index contributed by atoms with van der Waals surface area (Å²) in [6.45, 7) is 1.95. The van der Waals surface area contributed by atoms with Crippen LogP contribution in [0.25, 0.3) is 11.2 Å². The van der Waals surface area contributed by atoms with Crippen molar-refractivity contribution in [1.29, 1.82) is 0 Å². The average Bonchev–Trinajstić information content (AvgIpc) is 2.34. The minimum absolute atomic E-state index is 0.139. The van der Waals surface area contributed by atoms with Gasteiger partial charge < -0.3 is 0 Å². The predicted octanol–water partition coefficient (Wildman–Crippen LogP) is 0.0981. The maximum absolute atomic E-state index is 12.1. The Kier molecular flexibility index (Phi) is 3.49. The highest BCUT2D eigenvalue weighted by molar-refractivity contribution is 7.85. The molecule has 8 heteroatoms. The van der Waals surface area contributed by atoms with Crippen LogP contribution in [-0.4, -0.2) is 30.0 Å². The molecule has 2 heterocycles. The normalized spacial score (nSPS) is 14.6. The maximum atomic E-state index is 12.1. The summed E-state index contributed by atoms with van der Waals surface area (Å²) in [4.78, 5) is 34.3. The van der Waals surface area contributed by atoms with Crippen LogP contribution in [0, 0.1) is 0 Å². The van der Waals surface area contributed by atoms with Gasteiger partial charge in [0.1, 0.15) is 0 Å². The Hall–Kier alpha value is -1.28. The molecule has 0 saturated carbocycles. The summed E-state index contributed by atoms with van der Waals surface area (Å²) >= 11 is 8.50. The van der Waals surface area contributed by atoms with Crippen molar-refractivity contribution in [3.63, 3.8) is 0 Å². The van der Waals surface area contributed by atoms with E-state index < -0.39 is 16.0 Å². The molecule has 0 radical (unpaired) electrons. The van der Waals surface area contributed by atoms with Gasteiger partial charge in [-0.1, -0.05) is 0 Å². The van der Waals surface area contributed by atoms with E-state index in [2.05, 4.69) is 40.2 Å². The zero-order chi connectivity index (χ0) is 13.3. The third-order valence-electron chi connectivity index (χ3n) is 2.46. The van der Waals surface area contributed by atoms with Gasteiger partial charge in [-0.25, -0.2) is 14.8 Å². The number of hydrogen-bond donors (Lipinski definition) is 3. The molecule has 18 heavy (non-hydrogen) atoms. The fourth-order valence-corrected chi connectivity index (χ4v) is 1.75. The van der Waals surface area contributed by atoms with Crippen molar-refractivity contribution in [3.8, 4) is 0 Å². The highest BCUT2D eigenvalue weighted by Gasteiger charge is 2.21. The van der Waals surface area contributed by atoms with E-state index in [9.17, 15) is 9.59 Å². The Bertz CT molecular complexity index is 692. The molecule has 0 aliphatic rings. The molecule has 2 aromatic heterocycles. The highest BCUT2D eigenvalue weighted by atomic mass is 32.1. The van der Waals surface area contributed by atoms with E-state index in [4.69, 9.17) is 0 Å². The first-order valence-electron chi connectivity index (χ1n) is 5.22. The molecular formula is C10H12N4O2S2. The number of thiol groups is 2. The minimum Gasteiger partial charge on any atom is -0.290 e. The molecule has 0 aromatic carbocycles. The molecule has 1 unspecified atom stereocenters. The number of nitrogens with zero attached hydrogens (tertiary/aromatic N) is 3. The number of aromatic amines is 1. The monoisotopic (exact) mass is 284 g/mol. The zero-order valence-electron chi connectivity index (χ0n) is 9.62. The van der Waals surface area contributed by atoms with Crippen LogP contribution in [0.5, 0.6) is 0 Å². The molecule has 6 nitrogen and oxygen atoms in total. The first-order chi connectivity index (χ1) is 8.44. The van der Waals surface area contributed by atoms with Crippen LogP contribution < -0.4 is 11.2 Å². The number of aromatic nitrogens is 4. The molecule has 0 aliphatic carbocycles. The molecule has 2 rings (SSSR count). The van der Waals surface area contributed by atoms with Gasteiger partial charge in [-0.05, 0) is 6.92 Å². The van der Waals surface area contributed by atoms with Crippen LogP contribution in [-0.2, 0) is 6.54 Å². The van der Waals surface area contributed by atoms with Crippen molar-refractivity contribution < 1.29 is 0 Å². The van der Waals surface area contributed by atoms with Gasteiger partial charge in [-0.2, -0.15) is 25.3 Å². The van der Waals surface area contributed by atoms with E-state index in [1.165, 1.54) is 12.4 Å². The van der Waals surface area contributed by atoms with Gasteiger partial charge in [-0.3, -0.25) is 14.3 Å². The largest absolute Gasteiger partial charge is 0.330 e. The number of rotatable bonds is 3. The smallest absolute Gasteiger partial charge is 0.290 e. The van der Waals surface area contributed by atoms with Crippen LogP contribution in [0.2, 0.25) is 0 Å². The van der Waals surface area contributed by atoms with Gasteiger partial charge in [0.2, 0.25) is 0 Å². The lowest BCUT2D eigenvalue weighted by atomic mass is 10.2. The average molecular weight is 284 g/mol. The standard InChI is InChI=1S/C10H12N4O2S2/c1-10(18,5-17)4-14-8(15)6-7(13-9(14)16)12-3-2-11-6/h2-3,17-18H,4-5H2,1H3,(H,12,13,16). The highest BCUT2D eigenvalue weighted by Crippen LogP contribution is 2.16. The lowest BCUT2D eigenvalue weighted by molar-refractivity contribution is 0.543. The molecule has 0 bridgehead atoms. The lowest BCUT2D eigenvalue weighted by Crippen LogP contribution is -2.42. The fourth-order valence-electron chi connectivity index (χ4n) is 1.51. The molecule has 1 atom stereocenters. The van der Waals surface area contributed by atoms with E-state index in [1.807, 2.05) is 0 Å². The van der Waals surface area contributed by atoms with Crippen LogP contribution in [0.1, 0.15) is 6.92 Å². The van der Waals surface area contributed by atoms with Gasteiger partial charge >= 0.3 is 5.69 Å². The van der Waals surface area contributed by atoms with Gasteiger partial charge in [0.05, 0.1) is 0 Å². The molecule has 0 aliphatic heterocycles. The minimum atomic E-state index is -0.560. The van der Waals surface area contributed by atoms with Crippen LogP contribution in [0.15, 0.2) is 22.0 Å². The topological polar surface area (TPSA) is 80.6 Å². The maximum Gasteiger partial charge on any atom is 0.330 e. The summed E-state index contributed by atoms with van der Waals surface area (Å²) in [5.74, 6) is 0.431. The second-order valence-electron chi connectivity index (χ2n) is 4.23. The van der Waals surface area contributed by atoms with Gasteiger partial charge in [0.25, 0.3) is 5.56 Å². The van der Waals surface area contributed by atoms with Crippen molar-refractivity contribution >= 4 is 36.4 Å². The van der Waals surface area contributed by atoms with Crippen LogP contribution in [0.3, 0.4) is 0 Å². The summed E-state index contributed by atoms with van der Waals surface area (Å²) in [6, 6.07) is 0. The molecule has 0 fully saturated rings. The van der Waals surface area contributed by atoms with E-state index in [0.717, 1.165) is 4.57 Å². The quantitative estimate of drug-likeness (QED) is 0.698. The Balaban J connectivity index is 2.66. The lowest BCUT2D eigenvalue weighted by Gasteiger charge is -2.21. The van der Waals surface area contributed by atoms with E-state index >= 15 is 0 Å².